The number of benzene rings is 1. The predicted molar refractivity (Wildman–Crippen MR) is 86.2 cm³/mol. The molecule has 0 atom stereocenters. The summed E-state index contributed by atoms with van der Waals surface area (Å²) in [4.78, 5) is 17.5. The summed E-state index contributed by atoms with van der Waals surface area (Å²) < 4.78 is 0. The molecule has 7 heteroatoms. The Labute approximate surface area is 136 Å². The zero-order valence-corrected chi connectivity index (χ0v) is 13.2. The van der Waals surface area contributed by atoms with Crippen LogP contribution in [0.2, 0.25) is 10.0 Å². The van der Waals surface area contributed by atoms with E-state index in [0.717, 1.165) is 4.88 Å². The van der Waals surface area contributed by atoms with Crippen molar-refractivity contribution in [2.45, 2.75) is 6.54 Å². The summed E-state index contributed by atoms with van der Waals surface area (Å²) in [5.74, 6) is -0.234. The largest absolute Gasteiger partial charge is 0.386 e. The summed E-state index contributed by atoms with van der Waals surface area (Å²) >= 11 is 13.3. The van der Waals surface area contributed by atoms with E-state index < -0.39 is 0 Å². The molecule has 0 aliphatic carbocycles. The van der Waals surface area contributed by atoms with E-state index >= 15 is 0 Å². The van der Waals surface area contributed by atoms with E-state index in [2.05, 4.69) is 10.5 Å². The predicted octanol–water partition coefficient (Wildman–Crippen LogP) is 3.72. The second-order valence-corrected chi connectivity index (χ2v) is 5.91. The molecule has 0 radical (unpaired) electrons. The molecule has 21 heavy (non-hydrogen) atoms. The minimum atomic E-state index is -0.234. The van der Waals surface area contributed by atoms with Crippen LogP contribution in [0.5, 0.6) is 0 Å². The van der Waals surface area contributed by atoms with Crippen molar-refractivity contribution >= 4 is 46.7 Å². The Morgan fingerprint density at radius 1 is 1.38 bits per heavy atom. The van der Waals surface area contributed by atoms with Gasteiger partial charge in [0.15, 0.2) is 6.61 Å². The summed E-state index contributed by atoms with van der Waals surface area (Å²) in [5, 5.41) is 9.41. The van der Waals surface area contributed by atoms with Gasteiger partial charge < -0.3 is 10.2 Å². The fourth-order valence-corrected chi connectivity index (χ4v) is 2.55. The summed E-state index contributed by atoms with van der Waals surface area (Å²) in [6, 6.07) is 8.91. The maximum absolute atomic E-state index is 11.5. The normalized spacial score (nSPS) is 10.8. The van der Waals surface area contributed by atoms with Gasteiger partial charge in [-0.2, -0.15) is 0 Å². The number of carbonyl (C=O) groups excluding carboxylic acids is 1. The van der Waals surface area contributed by atoms with E-state index in [4.69, 9.17) is 28.0 Å². The third-order valence-electron chi connectivity index (χ3n) is 2.46. The van der Waals surface area contributed by atoms with Gasteiger partial charge >= 0.3 is 0 Å². The van der Waals surface area contributed by atoms with Gasteiger partial charge in [0, 0.05) is 15.5 Å². The van der Waals surface area contributed by atoms with Crippen LogP contribution in [0.25, 0.3) is 0 Å². The number of hydrogen-bond acceptors (Lipinski definition) is 4. The molecule has 1 aromatic carbocycles. The lowest BCUT2D eigenvalue weighted by atomic mass is 10.2. The zero-order chi connectivity index (χ0) is 15.1. The summed E-state index contributed by atoms with van der Waals surface area (Å²) in [5.41, 5.74) is 0.667. The molecule has 2 aromatic rings. The van der Waals surface area contributed by atoms with Crippen LogP contribution < -0.4 is 5.32 Å². The minimum absolute atomic E-state index is 0.146. The molecular formula is C14H12Cl2N2O2S. The van der Waals surface area contributed by atoms with Gasteiger partial charge in [0.05, 0.1) is 17.8 Å². The first-order valence-electron chi connectivity index (χ1n) is 6.04. The highest BCUT2D eigenvalue weighted by Crippen LogP contribution is 2.19. The summed E-state index contributed by atoms with van der Waals surface area (Å²) in [7, 11) is 0. The standard InChI is InChI=1S/C14H12Cl2N2O2S/c15-11-4-3-10(13(16)6-11)7-18-20-9-14(19)17-8-12-2-1-5-21-12/h1-7H,8-9H2,(H,17,19). The molecule has 0 bridgehead atoms. The van der Waals surface area contributed by atoms with E-state index in [9.17, 15) is 4.79 Å². The maximum atomic E-state index is 11.5. The topological polar surface area (TPSA) is 50.7 Å². The van der Waals surface area contributed by atoms with Crippen molar-refractivity contribution < 1.29 is 9.63 Å². The second-order valence-electron chi connectivity index (χ2n) is 4.03. The summed E-state index contributed by atoms with van der Waals surface area (Å²) in [6.07, 6.45) is 1.44. The van der Waals surface area contributed by atoms with E-state index in [1.54, 1.807) is 29.5 Å². The van der Waals surface area contributed by atoms with Crippen LogP contribution in [-0.4, -0.2) is 18.7 Å². The highest BCUT2D eigenvalue weighted by Gasteiger charge is 2.02. The quantitative estimate of drug-likeness (QED) is 0.642. The highest BCUT2D eigenvalue weighted by molar-refractivity contribution is 7.09. The molecule has 0 saturated carbocycles. The van der Waals surface area contributed by atoms with Crippen LogP contribution in [0.1, 0.15) is 10.4 Å². The van der Waals surface area contributed by atoms with Crippen molar-refractivity contribution in [2.75, 3.05) is 6.61 Å². The van der Waals surface area contributed by atoms with E-state index in [-0.39, 0.29) is 12.5 Å². The lowest BCUT2D eigenvalue weighted by Gasteiger charge is -2.02. The van der Waals surface area contributed by atoms with Gasteiger partial charge in [-0.3, -0.25) is 4.79 Å². The first-order chi connectivity index (χ1) is 10.1. The van der Waals surface area contributed by atoms with Crippen molar-refractivity contribution in [2.24, 2.45) is 5.16 Å². The van der Waals surface area contributed by atoms with Crippen LogP contribution in [-0.2, 0) is 16.2 Å². The molecule has 0 unspecified atom stereocenters. The number of nitrogens with one attached hydrogen (secondary N) is 1. The fraction of sp³-hybridized carbons (Fsp3) is 0.143. The lowest BCUT2D eigenvalue weighted by Crippen LogP contribution is -2.26. The van der Waals surface area contributed by atoms with Gasteiger partial charge in [-0.25, -0.2) is 0 Å². The Morgan fingerprint density at radius 2 is 2.24 bits per heavy atom. The fourth-order valence-electron chi connectivity index (χ4n) is 1.45. The average Bonchev–Trinajstić information content (AvgIpc) is 2.96. The molecule has 0 aliphatic heterocycles. The van der Waals surface area contributed by atoms with Crippen molar-refractivity contribution in [1.82, 2.24) is 5.32 Å². The molecular weight excluding hydrogens is 331 g/mol. The molecule has 110 valence electrons. The van der Waals surface area contributed by atoms with Gasteiger partial charge in [0.2, 0.25) is 0 Å². The number of carbonyl (C=O) groups is 1. The average molecular weight is 343 g/mol. The van der Waals surface area contributed by atoms with Crippen LogP contribution in [0.4, 0.5) is 0 Å². The Morgan fingerprint density at radius 3 is 2.95 bits per heavy atom. The molecule has 0 fully saturated rings. The Bertz CT molecular complexity index is 630. The van der Waals surface area contributed by atoms with Crippen molar-refractivity contribution in [1.29, 1.82) is 0 Å². The number of thiophene rings is 1. The van der Waals surface area contributed by atoms with Gasteiger partial charge in [-0.15, -0.1) is 11.3 Å². The number of nitrogens with zero attached hydrogens (tertiary/aromatic N) is 1. The van der Waals surface area contributed by atoms with Crippen molar-refractivity contribution in [3.8, 4) is 0 Å². The lowest BCUT2D eigenvalue weighted by molar-refractivity contribution is -0.125. The van der Waals surface area contributed by atoms with Crippen LogP contribution in [0, 0.1) is 0 Å². The Kier molecular flexibility index (Phi) is 6.04. The van der Waals surface area contributed by atoms with E-state index in [1.165, 1.54) is 6.21 Å². The van der Waals surface area contributed by atoms with Crippen LogP contribution in [0.15, 0.2) is 40.9 Å². The van der Waals surface area contributed by atoms with Gasteiger partial charge in [0.1, 0.15) is 0 Å². The SMILES string of the molecule is O=C(CON=Cc1ccc(Cl)cc1Cl)NCc1cccs1. The van der Waals surface area contributed by atoms with E-state index in [0.29, 0.717) is 22.2 Å². The molecule has 4 nitrogen and oxygen atoms in total. The molecule has 0 saturated heterocycles. The minimum Gasteiger partial charge on any atom is -0.386 e. The van der Waals surface area contributed by atoms with Crippen LogP contribution in [0.3, 0.4) is 0 Å². The third kappa shape index (κ3) is 5.38. The number of oxime groups is 1. The van der Waals surface area contributed by atoms with Gasteiger partial charge in [0.25, 0.3) is 5.91 Å². The molecule has 1 N–H and O–H groups in total. The number of hydrogen-bond donors (Lipinski definition) is 1. The van der Waals surface area contributed by atoms with Crippen molar-refractivity contribution in [3.05, 3.63) is 56.2 Å². The van der Waals surface area contributed by atoms with Gasteiger partial charge in [-0.05, 0) is 23.6 Å². The number of halogens is 2. The number of amides is 1. The monoisotopic (exact) mass is 342 g/mol. The molecule has 1 aromatic heterocycles. The molecule has 2 rings (SSSR count). The van der Waals surface area contributed by atoms with Crippen LogP contribution >= 0.6 is 34.5 Å². The zero-order valence-electron chi connectivity index (χ0n) is 10.9. The Hall–Kier alpha value is -1.56. The smallest absolute Gasteiger partial charge is 0.261 e. The molecule has 1 amide bonds. The molecule has 0 aliphatic rings. The van der Waals surface area contributed by atoms with E-state index in [1.807, 2.05) is 17.5 Å². The highest BCUT2D eigenvalue weighted by atomic mass is 35.5. The third-order valence-corrected chi connectivity index (χ3v) is 3.90. The van der Waals surface area contributed by atoms with Gasteiger partial charge in [-0.1, -0.05) is 40.5 Å². The maximum Gasteiger partial charge on any atom is 0.261 e. The van der Waals surface area contributed by atoms with Crippen molar-refractivity contribution in [3.63, 3.8) is 0 Å². The molecule has 1 heterocycles. The first kappa shape index (κ1) is 15.8. The Balaban J connectivity index is 1.73. The summed E-state index contributed by atoms with van der Waals surface area (Å²) in [6.45, 7) is 0.347. The number of rotatable bonds is 6. The first-order valence-corrected chi connectivity index (χ1v) is 7.68. The molecule has 0 spiro atoms. The second kappa shape index (κ2) is 8.02.